The molecule has 0 aliphatic carbocycles. The normalized spacial score (nSPS) is 20.0. The molecular formula is C23H23ClN6O2. The minimum absolute atomic E-state index is 0.0827. The van der Waals surface area contributed by atoms with E-state index in [-0.39, 0.29) is 24.6 Å². The summed E-state index contributed by atoms with van der Waals surface area (Å²) < 4.78 is 7.35. The Labute approximate surface area is 190 Å². The molecule has 2 aromatic carbocycles. The number of ether oxygens (including phenoxy) is 1. The van der Waals surface area contributed by atoms with Gasteiger partial charge in [-0.1, -0.05) is 59.2 Å². The van der Waals surface area contributed by atoms with Crippen molar-refractivity contribution in [3.05, 3.63) is 76.8 Å². The maximum Gasteiger partial charge on any atom is 0.251 e. The van der Waals surface area contributed by atoms with Crippen molar-refractivity contribution in [3.8, 4) is 0 Å². The van der Waals surface area contributed by atoms with Crippen LogP contribution in [0.4, 0.5) is 5.95 Å². The van der Waals surface area contributed by atoms with Gasteiger partial charge in [0.1, 0.15) is 12.6 Å². The number of anilines is 1. The van der Waals surface area contributed by atoms with Crippen molar-refractivity contribution in [2.24, 2.45) is 0 Å². The Balaban J connectivity index is 1.47. The minimum Gasteiger partial charge on any atom is -0.376 e. The summed E-state index contributed by atoms with van der Waals surface area (Å²) in [4.78, 5) is 14.7. The van der Waals surface area contributed by atoms with Crippen LogP contribution >= 0.6 is 11.6 Å². The second kappa shape index (κ2) is 9.10. The van der Waals surface area contributed by atoms with Crippen LogP contribution in [0.5, 0.6) is 0 Å². The number of nitrogens with zero attached hydrogens (tertiary/aromatic N) is 5. The van der Waals surface area contributed by atoms with E-state index in [9.17, 15) is 4.79 Å². The van der Waals surface area contributed by atoms with Gasteiger partial charge in [0.2, 0.25) is 5.91 Å². The van der Waals surface area contributed by atoms with Crippen molar-refractivity contribution >= 4 is 29.2 Å². The van der Waals surface area contributed by atoms with Crippen LogP contribution in [0.2, 0.25) is 5.02 Å². The number of allylic oxidation sites excluding steroid dienone is 1. The number of tetrazole rings is 1. The lowest BCUT2D eigenvalue weighted by atomic mass is 10.0. The van der Waals surface area contributed by atoms with E-state index in [1.807, 2.05) is 59.5 Å². The van der Waals surface area contributed by atoms with Gasteiger partial charge in [-0.3, -0.25) is 9.69 Å². The van der Waals surface area contributed by atoms with Crippen LogP contribution in [0.15, 0.2) is 60.7 Å². The zero-order valence-corrected chi connectivity index (χ0v) is 18.2. The highest BCUT2D eigenvalue weighted by molar-refractivity contribution is 6.30. The molecule has 32 heavy (non-hydrogen) atoms. The van der Waals surface area contributed by atoms with Crippen LogP contribution in [0.3, 0.4) is 0 Å². The van der Waals surface area contributed by atoms with E-state index >= 15 is 0 Å². The zero-order valence-electron chi connectivity index (χ0n) is 17.4. The van der Waals surface area contributed by atoms with E-state index in [0.717, 1.165) is 36.3 Å². The summed E-state index contributed by atoms with van der Waals surface area (Å²) >= 11 is 6.12. The van der Waals surface area contributed by atoms with Gasteiger partial charge in [0, 0.05) is 18.2 Å². The lowest BCUT2D eigenvalue weighted by Crippen LogP contribution is -2.42. The lowest BCUT2D eigenvalue weighted by Gasteiger charge is -2.32. The van der Waals surface area contributed by atoms with E-state index in [1.165, 1.54) is 0 Å². The topological polar surface area (TPSA) is 85.2 Å². The molecule has 0 radical (unpaired) electrons. The van der Waals surface area contributed by atoms with Gasteiger partial charge >= 0.3 is 0 Å². The largest absolute Gasteiger partial charge is 0.376 e. The first-order valence-corrected chi connectivity index (χ1v) is 11.0. The van der Waals surface area contributed by atoms with E-state index in [1.54, 1.807) is 4.68 Å². The molecule has 0 saturated carbocycles. The average Bonchev–Trinajstić information content (AvgIpc) is 3.52. The minimum atomic E-state index is -0.196. The number of rotatable bonds is 6. The number of nitrogens with one attached hydrogen (secondary N) is 1. The molecule has 1 amide bonds. The second-order valence-electron chi connectivity index (χ2n) is 7.86. The third kappa shape index (κ3) is 4.24. The zero-order chi connectivity index (χ0) is 21.9. The van der Waals surface area contributed by atoms with Crippen molar-refractivity contribution in [1.82, 2.24) is 25.5 Å². The molecule has 164 valence electrons. The first-order chi connectivity index (χ1) is 15.7. The van der Waals surface area contributed by atoms with Gasteiger partial charge in [-0.2, -0.15) is 4.68 Å². The Hall–Kier alpha value is -3.23. The van der Waals surface area contributed by atoms with Crippen LogP contribution in [-0.4, -0.2) is 51.9 Å². The summed E-state index contributed by atoms with van der Waals surface area (Å²) in [7, 11) is 0. The number of hydrogen-bond donors (Lipinski definition) is 1. The summed E-state index contributed by atoms with van der Waals surface area (Å²) in [6, 6.07) is 17.4. The number of aromatic nitrogens is 4. The predicted octanol–water partition coefficient (Wildman–Crippen LogP) is 3.07. The van der Waals surface area contributed by atoms with Crippen molar-refractivity contribution in [3.63, 3.8) is 0 Å². The molecule has 1 saturated heterocycles. The molecule has 2 atom stereocenters. The lowest BCUT2D eigenvalue weighted by molar-refractivity contribution is -0.120. The highest BCUT2D eigenvalue weighted by Gasteiger charge is 2.32. The maximum atomic E-state index is 12.8. The number of fused-ring (bicyclic) bond motifs is 1. The molecule has 0 unspecified atom stereocenters. The van der Waals surface area contributed by atoms with E-state index in [0.29, 0.717) is 17.5 Å². The molecular weight excluding hydrogens is 428 g/mol. The summed E-state index contributed by atoms with van der Waals surface area (Å²) in [6.07, 6.45) is 4.16. The third-order valence-corrected chi connectivity index (χ3v) is 5.97. The SMILES string of the molecule is O=C(CN1C(c2ccc(Cl)cc2)=C[C@@H](c2ccccc2)n2nnnc21)NC[C@H]1CCCO1. The molecule has 3 heterocycles. The quantitative estimate of drug-likeness (QED) is 0.621. The van der Waals surface area contributed by atoms with Gasteiger partial charge in [-0.15, -0.1) is 0 Å². The number of benzene rings is 2. The summed E-state index contributed by atoms with van der Waals surface area (Å²) in [5.74, 6) is 0.395. The molecule has 2 aliphatic heterocycles. The standard InChI is InChI=1S/C23H23ClN6O2/c24-18-10-8-17(9-11-18)20-13-21(16-5-2-1-3-6-16)30-23(26-27-28-30)29(20)15-22(31)25-14-19-7-4-12-32-19/h1-3,5-6,8-11,13,19,21H,4,7,12,14-15H2,(H,25,31)/t19-,21+/m1/s1. The number of carbonyl (C=O) groups is 1. The fourth-order valence-corrected chi connectivity index (χ4v) is 4.24. The fraction of sp³-hybridized carbons (Fsp3) is 0.304. The smallest absolute Gasteiger partial charge is 0.251 e. The molecule has 1 aromatic heterocycles. The number of amides is 1. The molecule has 1 fully saturated rings. The first-order valence-electron chi connectivity index (χ1n) is 10.7. The molecule has 5 rings (SSSR count). The summed E-state index contributed by atoms with van der Waals surface area (Å²) in [6.45, 7) is 1.35. The maximum absolute atomic E-state index is 12.8. The average molecular weight is 451 g/mol. The Kier molecular flexibility index (Phi) is 5.87. The Morgan fingerprint density at radius 3 is 2.72 bits per heavy atom. The van der Waals surface area contributed by atoms with E-state index in [4.69, 9.17) is 16.3 Å². The van der Waals surface area contributed by atoms with Gasteiger partial charge < -0.3 is 10.1 Å². The van der Waals surface area contributed by atoms with Gasteiger partial charge in [0.05, 0.1) is 11.8 Å². The number of carbonyl (C=O) groups excluding carboxylic acids is 1. The van der Waals surface area contributed by atoms with Crippen molar-refractivity contribution < 1.29 is 9.53 Å². The van der Waals surface area contributed by atoms with E-state index < -0.39 is 0 Å². The van der Waals surface area contributed by atoms with Gasteiger partial charge in [-0.05, 0) is 52.6 Å². The van der Waals surface area contributed by atoms with Crippen LogP contribution < -0.4 is 10.2 Å². The van der Waals surface area contributed by atoms with Crippen LogP contribution in [0, 0.1) is 0 Å². The highest BCUT2D eigenvalue weighted by Crippen LogP contribution is 2.36. The molecule has 3 aromatic rings. The molecule has 0 bridgehead atoms. The number of hydrogen-bond acceptors (Lipinski definition) is 6. The third-order valence-electron chi connectivity index (χ3n) is 5.72. The molecule has 2 aliphatic rings. The second-order valence-corrected chi connectivity index (χ2v) is 8.30. The van der Waals surface area contributed by atoms with Gasteiger partial charge in [-0.25, -0.2) is 0 Å². The molecule has 8 nitrogen and oxygen atoms in total. The summed E-state index contributed by atoms with van der Waals surface area (Å²) in [5.41, 5.74) is 2.83. The van der Waals surface area contributed by atoms with Crippen LogP contribution in [0.1, 0.15) is 30.0 Å². The Morgan fingerprint density at radius 1 is 1.16 bits per heavy atom. The predicted molar refractivity (Wildman–Crippen MR) is 121 cm³/mol. The van der Waals surface area contributed by atoms with Crippen molar-refractivity contribution in [2.75, 3.05) is 24.6 Å². The van der Waals surface area contributed by atoms with Crippen molar-refractivity contribution in [1.29, 1.82) is 0 Å². The fourth-order valence-electron chi connectivity index (χ4n) is 4.11. The van der Waals surface area contributed by atoms with Gasteiger partial charge in [0.25, 0.3) is 5.95 Å². The summed E-state index contributed by atoms with van der Waals surface area (Å²) in [5, 5.41) is 16.0. The Morgan fingerprint density at radius 2 is 1.97 bits per heavy atom. The highest BCUT2D eigenvalue weighted by atomic mass is 35.5. The van der Waals surface area contributed by atoms with Crippen LogP contribution in [0.25, 0.3) is 5.70 Å². The molecule has 1 N–H and O–H groups in total. The van der Waals surface area contributed by atoms with E-state index in [2.05, 4.69) is 26.9 Å². The van der Waals surface area contributed by atoms with Crippen molar-refractivity contribution in [2.45, 2.75) is 25.0 Å². The first kappa shape index (κ1) is 20.7. The van der Waals surface area contributed by atoms with Gasteiger partial charge in [0.15, 0.2) is 0 Å². The Bertz CT molecular complexity index is 1110. The number of halogens is 1. The monoisotopic (exact) mass is 450 g/mol. The molecule has 9 heteroatoms. The molecule has 0 spiro atoms. The van der Waals surface area contributed by atoms with Crippen LogP contribution in [-0.2, 0) is 9.53 Å².